The molecule has 2 aromatic rings. The van der Waals surface area contributed by atoms with Crippen molar-refractivity contribution in [2.75, 3.05) is 0 Å². The molecule has 1 heterocycles. The molecule has 0 bridgehead atoms. The summed E-state index contributed by atoms with van der Waals surface area (Å²) in [7, 11) is 0. The topological polar surface area (TPSA) is 74.2 Å². The van der Waals surface area contributed by atoms with Crippen molar-refractivity contribution in [3.8, 4) is 17.4 Å². The number of carboxylic acid groups (broad SMARTS) is 1. The van der Waals surface area contributed by atoms with E-state index in [9.17, 15) is 18.0 Å². The predicted molar refractivity (Wildman–Crippen MR) is 60.8 cm³/mol. The molecule has 0 aliphatic rings. The minimum atomic E-state index is -4.61. The summed E-state index contributed by atoms with van der Waals surface area (Å²) in [5.74, 6) is -1.77. The van der Waals surface area contributed by atoms with Gasteiger partial charge in [0.1, 0.15) is 5.76 Å². The third kappa shape index (κ3) is 2.64. The molecule has 0 radical (unpaired) electrons. The molecule has 0 fully saturated rings. The summed E-state index contributed by atoms with van der Waals surface area (Å²) in [5.41, 5.74) is -1.20. The fourth-order valence-electron chi connectivity index (χ4n) is 1.61. The molecule has 1 N–H and O–H groups in total. The van der Waals surface area contributed by atoms with Gasteiger partial charge in [-0.1, -0.05) is 0 Å². The van der Waals surface area contributed by atoms with Crippen LogP contribution in [0.1, 0.15) is 21.7 Å². The molecule has 0 saturated heterocycles. The number of benzene rings is 1. The van der Waals surface area contributed by atoms with Crippen LogP contribution in [0, 0.1) is 11.3 Å². The standard InChI is InChI=1S/C13H6F3NO3/c14-13(15,16)9-4-7(6-17)3-8(5-9)10-1-2-11(20-10)12(18)19/h1-5H,(H,18,19). The number of hydrogen-bond acceptors (Lipinski definition) is 3. The predicted octanol–water partition coefficient (Wildman–Crippen LogP) is 3.54. The Labute approximate surface area is 110 Å². The van der Waals surface area contributed by atoms with E-state index in [2.05, 4.69) is 0 Å². The van der Waals surface area contributed by atoms with Gasteiger partial charge in [-0.15, -0.1) is 0 Å². The fraction of sp³-hybridized carbons (Fsp3) is 0.0769. The van der Waals surface area contributed by atoms with Gasteiger partial charge in [0.25, 0.3) is 0 Å². The third-order valence-electron chi connectivity index (χ3n) is 2.49. The van der Waals surface area contributed by atoms with Gasteiger partial charge < -0.3 is 9.52 Å². The van der Waals surface area contributed by atoms with Crippen molar-refractivity contribution >= 4 is 5.97 Å². The van der Waals surface area contributed by atoms with Crippen LogP contribution in [-0.4, -0.2) is 11.1 Å². The molecule has 0 aliphatic carbocycles. The first-order valence-corrected chi connectivity index (χ1v) is 5.27. The minimum Gasteiger partial charge on any atom is -0.475 e. The Kier molecular flexibility index (Phi) is 3.24. The van der Waals surface area contributed by atoms with Crippen molar-refractivity contribution in [2.45, 2.75) is 6.18 Å². The molecule has 20 heavy (non-hydrogen) atoms. The maximum Gasteiger partial charge on any atom is 0.416 e. The number of carbonyl (C=O) groups is 1. The molecule has 1 aromatic heterocycles. The maximum atomic E-state index is 12.7. The van der Waals surface area contributed by atoms with E-state index in [0.29, 0.717) is 6.07 Å². The third-order valence-corrected chi connectivity index (χ3v) is 2.49. The molecule has 0 spiro atoms. The van der Waals surface area contributed by atoms with E-state index in [1.54, 1.807) is 6.07 Å². The van der Waals surface area contributed by atoms with Crippen molar-refractivity contribution in [1.29, 1.82) is 5.26 Å². The van der Waals surface area contributed by atoms with Crippen molar-refractivity contribution in [3.63, 3.8) is 0 Å². The van der Waals surface area contributed by atoms with Crippen molar-refractivity contribution < 1.29 is 27.5 Å². The van der Waals surface area contributed by atoms with Gasteiger partial charge in [0.05, 0.1) is 17.2 Å². The summed E-state index contributed by atoms with van der Waals surface area (Å²) in [5, 5.41) is 17.5. The SMILES string of the molecule is N#Cc1cc(-c2ccc(C(=O)O)o2)cc(C(F)(F)F)c1. The Bertz CT molecular complexity index is 710. The molecule has 0 atom stereocenters. The van der Waals surface area contributed by atoms with Crippen LogP contribution < -0.4 is 0 Å². The zero-order valence-electron chi connectivity index (χ0n) is 9.73. The van der Waals surface area contributed by atoms with E-state index in [0.717, 1.165) is 12.1 Å². The Hall–Kier alpha value is -2.75. The summed E-state index contributed by atoms with van der Waals surface area (Å²) < 4.78 is 43.0. The van der Waals surface area contributed by atoms with E-state index >= 15 is 0 Å². The first-order valence-electron chi connectivity index (χ1n) is 5.27. The lowest BCUT2D eigenvalue weighted by atomic mass is 10.0. The van der Waals surface area contributed by atoms with Crippen LogP contribution in [0.15, 0.2) is 34.7 Å². The van der Waals surface area contributed by atoms with Gasteiger partial charge >= 0.3 is 12.1 Å². The highest BCUT2D eigenvalue weighted by molar-refractivity contribution is 5.85. The molecule has 0 amide bonds. The first kappa shape index (κ1) is 13.7. The molecule has 0 unspecified atom stereocenters. The summed E-state index contributed by atoms with van der Waals surface area (Å²) >= 11 is 0. The second-order valence-electron chi connectivity index (χ2n) is 3.88. The van der Waals surface area contributed by atoms with E-state index in [1.807, 2.05) is 0 Å². The van der Waals surface area contributed by atoms with Gasteiger partial charge in [-0.25, -0.2) is 4.79 Å². The summed E-state index contributed by atoms with van der Waals surface area (Å²) in [6.45, 7) is 0. The number of halogens is 3. The second kappa shape index (κ2) is 4.74. The minimum absolute atomic E-state index is 0.0103. The van der Waals surface area contributed by atoms with E-state index in [-0.39, 0.29) is 16.9 Å². The smallest absolute Gasteiger partial charge is 0.416 e. The monoisotopic (exact) mass is 281 g/mol. The van der Waals surface area contributed by atoms with Gasteiger partial charge in [-0.2, -0.15) is 18.4 Å². The Balaban J connectivity index is 2.56. The Morgan fingerprint density at radius 1 is 1.25 bits per heavy atom. The van der Waals surface area contributed by atoms with Crippen molar-refractivity contribution in [2.24, 2.45) is 0 Å². The molecule has 0 aliphatic heterocycles. The number of hydrogen-bond donors (Lipinski definition) is 1. The number of nitrogens with zero attached hydrogens (tertiary/aromatic N) is 1. The molecule has 2 rings (SSSR count). The second-order valence-corrected chi connectivity index (χ2v) is 3.88. The van der Waals surface area contributed by atoms with Crippen LogP contribution in [0.2, 0.25) is 0 Å². The summed E-state index contributed by atoms with van der Waals surface area (Å²) in [4.78, 5) is 10.7. The molecule has 1 aromatic carbocycles. The number of carboxylic acids is 1. The van der Waals surface area contributed by atoms with Gasteiger partial charge in [-0.3, -0.25) is 0 Å². The molecule has 4 nitrogen and oxygen atoms in total. The van der Waals surface area contributed by atoms with E-state index in [4.69, 9.17) is 14.8 Å². The molecular weight excluding hydrogens is 275 g/mol. The normalized spacial score (nSPS) is 11.1. The highest BCUT2D eigenvalue weighted by atomic mass is 19.4. The quantitative estimate of drug-likeness (QED) is 0.913. The lowest BCUT2D eigenvalue weighted by Gasteiger charge is -2.08. The number of aromatic carboxylic acids is 1. The Morgan fingerprint density at radius 3 is 2.45 bits per heavy atom. The van der Waals surface area contributed by atoms with Crippen LogP contribution in [0.25, 0.3) is 11.3 Å². The largest absolute Gasteiger partial charge is 0.475 e. The van der Waals surface area contributed by atoms with Gasteiger partial charge in [0.15, 0.2) is 0 Å². The van der Waals surface area contributed by atoms with Crippen molar-refractivity contribution in [1.82, 2.24) is 0 Å². The average Bonchev–Trinajstić information content (AvgIpc) is 2.87. The summed E-state index contributed by atoms with van der Waals surface area (Å²) in [6, 6.07) is 6.69. The van der Waals surface area contributed by atoms with E-state index < -0.39 is 23.5 Å². The molecule has 7 heteroatoms. The highest BCUT2D eigenvalue weighted by Crippen LogP contribution is 2.33. The fourth-order valence-corrected chi connectivity index (χ4v) is 1.61. The zero-order valence-corrected chi connectivity index (χ0v) is 9.73. The maximum absolute atomic E-state index is 12.7. The van der Waals surface area contributed by atoms with Crippen LogP contribution in [0.5, 0.6) is 0 Å². The van der Waals surface area contributed by atoms with Crippen LogP contribution in [0.4, 0.5) is 13.2 Å². The van der Waals surface area contributed by atoms with Gasteiger partial charge in [-0.05, 0) is 30.3 Å². The highest BCUT2D eigenvalue weighted by Gasteiger charge is 2.31. The summed E-state index contributed by atoms with van der Waals surface area (Å²) in [6.07, 6.45) is -4.61. The lowest BCUT2D eigenvalue weighted by molar-refractivity contribution is -0.137. The number of alkyl halides is 3. The van der Waals surface area contributed by atoms with Crippen molar-refractivity contribution in [3.05, 3.63) is 47.2 Å². The molecular formula is C13H6F3NO3. The number of furan rings is 1. The first-order chi connectivity index (χ1) is 9.31. The van der Waals surface area contributed by atoms with Gasteiger partial charge in [0, 0.05) is 5.56 Å². The molecule has 0 saturated carbocycles. The number of rotatable bonds is 2. The lowest BCUT2D eigenvalue weighted by Crippen LogP contribution is -2.05. The molecule has 102 valence electrons. The van der Waals surface area contributed by atoms with E-state index in [1.165, 1.54) is 12.1 Å². The van der Waals surface area contributed by atoms with Gasteiger partial charge in [0.2, 0.25) is 5.76 Å². The zero-order chi connectivity index (χ0) is 14.9. The average molecular weight is 281 g/mol. The number of nitriles is 1. The van der Waals surface area contributed by atoms with Crippen LogP contribution in [0.3, 0.4) is 0 Å². The van der Waals surface area contributed by atoms with Crippen LogP contribution >= 0.6 is 0 Å². The Morgan fingerprint density at radius 2 is 1.95 bits per heavy atom. The van der Waals surface area contributed by atoms with Crippen LogP contribution in [-0.2, 0) is 6.18 Å².